The van der Waals surface area contributed by atoms with Gasteiger partial charge in [0, 0.05) is 12.3 Å². The molecule has 0 spiro atoms. The molecule has 1 fully saturated rings. The lowest BCUT2D eigenvalue weighted by Crippen LogP contribution is -2.38. The first-order valence-electron chi connectivity index (χ1n) is 4.63. The van der Waals surface area contributed by atoms with E-state index in [1.807, 2.05) is 0 Å². The maximum atomic E-state index is 2.36. The van der Waals surface area contributed by atoms with Crippen LogP contribution in [0.3, 0.4) is 0 Å². The van der Waals surface area contributed by atoms with E-state index in [-0.39, 0.29) is 0 Å². The van der Waals surface area contributed by atoms with Crippen LogP contribution in [0.25, 0.3) is 0 Å². The summed E-state index contributed by atoms with van der Waals surface area (Å²) in [4.78, 5) is 0. The summed E-state index contributed by atoms with van der Waals surface area (Å²) in [7, 11) is 4.68. The van der Waals surface area contributed by atoms with Gasteiger partial charge in [0.25, 0.3) is 0 Å². The molecule has 0 N–H and O–H groups in total. The largest absolute Gasteiger partial charge is 0.328 e. The summed E-state index contributed by atoms with van der Waals surface area (Å²) in [5, 5.41) is 0. The van der Waals surface area contributed by atoms with Gasteiger partial charge in [0.15, 0.2) is 0 Å². The van der Waals surface area contributed by atoms with E-state index < -0.39 is 0 Å². The Kier molecular flexibility index (Phi) is 2.04. The summed E-state index contributed by atoms with van der Waals surface area (Å²) in [6.07, 6.45) is 1.41. The van der Waals surface area contributed by atoms with Crippen LogP contribution in [0.2, 0.25) is 0 Å². The van der Waals surface area contributed by atoms with Crippen molar-refractivity contribution in [2.24, 2.45) is 11.3 Å². The number of nitrogens with zero attached hydrogens (tertiary/aromatic N) is 1. The first-order valence-corrected chi connectivity index (χ1v) is 4.63. The molecule has 1 unspecified atom stereocenters. The predicted octanol–water partition coefficient (Wildman–Crippen LogP) is 2.13. The predicted molar refractivity (Wildman–Crippen MR) is 49.4 cm³/mol. The Bertz CT molecular complexity index is 141. The van der Waals surface area contributed by atoms with Crippen molar-refractivity contribution in [3.8, 4) is 0 Å². The molecule has 1 rings (SSSR count). The highest BCUT2D eigenvalue weighted by molar-refractivity contribution is 4.77. The first-order chi connectivity index (χ1) is 4.81. The van der Waals surface area contributed by atoms with Crippen LogP contribution in [-0.2, 0) is 0 Å². The third-order valence-corrected chi connectivity index (χ3v) is 3.02. The van der Waals surface area contributed by atoms with Gasteiger partial charge in [-0.3, -0.25) is 0 Å². The number of quaternary nitrogens is 1. The molecule has 1 heteroatoms. The van der Waals surface area contributed by atoms with E-state index >= 15 is 0 Å². The van der Waals surface area contributed by atoms with E-state index in [4.69, 9.17) is 0 Å². The van der Waals surface area contributed by atoms with Crippen LogP contribution >= 0.6 is 0 Å². The van der Waals surface area contributed by atoms with Crippen molar-refractivity contribution in [2.75, 3.05) is 27.2 Å². The topological polar surface area (TPSA) is 0 Å². The molecule has 0 bridgehead atoms. The zero-order valence-electron chi connectivity index (χ0n) is 8.65. The normalized spacial score (nSPS) is 30.8. The van der Waals surface area contributed by atoms with E-state index in [0.717, 1.165) is 5.92 Å². The molecule has 1 aliphatic rings. The molecule has 1 nitrogen and oxygen atoms in total. The molecule has 1 aliphatic heterocycles. The van der Waals surface area contributed by atoms with E-state index in [9.17, 15) is 0 Å². The average Bonchev–Trinajstić information content (AvgIpc) is 2.07. The van der Waals surface area contributed by atoms with E-state index in [1.54, 1.807) is 0 Å². The zero-order chi connectivity index (χ0) is 8.70. The smallest absolute Gasteiger partial charge is 0.0818 e. The number of hydrogen-bond acceptors (Lipinski definition) is 0. The lowest BCUT2D eigenvalue weighted by molar-refractivity contribution is -0.879. The van der Waals surface area contributed by atoms with E-state index in [0.29, 0.717) is 5.41 Å². The molecule has 0 saturated carbocycles. The van der Waals surface area contributed by atoms with Crippen molar-refractivity contribution >= 4 is 0 Å². The minimum Gasteiger partial charge on any atom is -0.328 e. The van der Waals surface area contributed by atoms with Gasteiger partial charge in [-0.05, 0) is 5.41 Å². The Hall–Kier alpha value is -0.0400. The molecular formula is C10H22N+. The van der Waals surface area contributed by atoms with Crippen molar-refractivity contribution < 1.29 is 4.48 Å². The number of likely N-dealkylation sites (tertiary alicyclic amines) is 1. The van der Waals surface area contributed by atoms with Gasteiger partial charge >= 0.3 is 0 Å². The fraction of sp³-hybridized carbons (Fsp3) is 1.00. The molecule has 0 aromatic heterocycles. The second-order valence-corrected chi connectivity index (χ2v) is 5.69. The van der Waals surface area contributed by atoms with Gasteiger partial charge in [-0.15, -0.1) is 0 Å². The fourth-order valence-electron chi connectivity index (χ4n) is 1.99. The molecule has 0 aromatic carbocycles. The third-order valence-electron chi connectivity index (χ3n) is 3.02. The van der Waals surface area contributed by atoms with Gasteiger partial charge in [-0.25, -0.2) is 0 Å². The van der Waals surface area contributed by atoms with Gasteiger partial charge in [0.05, 0.1) is 27.2 Å². The van der Waals surface area contributed by atoms with E-state index in [1.165, 1.54) is 24.0 Å². The van der Waals surface area contributed by atoms with Crippen LogP contribution < -0.4 is 0 Å². The van der Waals surface area contributed by atoms with Crippen LogP contribution in [0.15, 0.2) is 0 Å². The summed E-state index contributed by atoms with van der Waals surface area (Å²) >= 11 is 0. The zero-order valence-corrected chi connectivity index (χ0v) is 8.65. The fourth-order valence-corrected chi connectivity index (χ4v) is 1.99. The Morgan fingerprint density at radius 2 is 1.73 bits per heavy atom. The highest BCUT2D eigenvalue weighted by Crippen LogP contribution is 2.35. The van der Waals surface area contributed by atoms with Crippen LogP contribution in [0.4, 0.5) is 0 Å². The Morgan fingerprint density at radius 3 is 1.91 bits per heavy atom. The molecule has 0 amide bonds. The quantitative estimate of drug-likeness (QED) is 0.471. The van der Waals surface area contributed by atoms with Gasteiger partial charge in [-0.1, -0.05) is 20.8 Å². The van der Waals surface area contributed by atoms with Crippen LogP contribution in [0, 0.1) is 11.3 Å². The highest BCUT2D eigenvalue weighted by Gasteiger charge is 2.37. The van der Waals surface area contributed by atoms with E-state index in [2.05, 4.69) is 34.9 Å². The molecule has 1 saturated heterocycles. The van der Waals surface area contributed by atoms with Crippen molar-refractivity contribution in [3.63, 3.8) is 0 Å². The molecule has 0 radical (unpaired) electrons. The molecule has 1 atom stereocenters. The standard InChI is InChI=1S/C10H22N/c1-10(2,3)9-6-7-11(4,5)8-9/h9H,6-8H2,1-5H3/q+1. The van der Waals surface area contributed by atoms with Crippen LogP contribution in [0.1, 0.15) is 27.2 Å². The lowest BCUT2D eigenvalue weighted by Gasteiger charge is -2.28. The minimum absolute atomic E-state index is 0.520. The first kappa shape index (κ1) is 9.05. The summed E-state index contributed by atoms with van der Waals surface area (Å²) < 4.78 is 1.22. The second kappa shape index (κ2) is 2.48. The molecule has 11 heavy (non-hydrogen) atoms. The Morgan fingerprint density at radius 1 is 1.18 bits per heavy atom. The van der Waals surface area contributed by atoms with Crippen molar-refractivity contribution in [1.29, 1.82) is 0 Å². The van der Waals surface area contributed by atoms with Gasteiger partial charge < -0.3 is 4.48 Å². The Balaban J connectivity index is 2.55. The third kappa shape index (κ3) is 2.19. The SMILES string of the molecule is CC(C)(C)C1CC[N+](C)(C)C1. The number of hydrogen-bond donors (Lipinski definition) is 0. The molecule has 0 aromatic rings. The van der Waals surface area contributed by atoms with Gasteiger partial charge in [0.1, 0.15) is 0 Å². The summed E-state index contributed by atoms with van der Waals surface area (Å²) in [5.41, 5.74) is 0.520. The Labute approximate surface area is 71.0 Å². The molecular weight excluding hydrogens is 134 g/mol. The van der Waals surface area contributed by atoms with Crippen molar-refractivity contribution in [1.82, 2.24) is 0 Å². The molecule has 0 aliphatic carbocycles. The molecule has 66 valence electrons. The second-order valence-electron chi connectivity index (χ2n) is 5.69. The van der Waals surface area contributed by atoms with Crippen molar-refractivity contribution in [3.05, 3.63) is 0 Å². The summed E-state index contributed by atoms with van der Waals surface area (Å²) in [5.74, 6) is 0.928. The van der Waals surface area contributed by atoms with Gasteiger partial charge in [0.2, 0.25) is 0 Å². The number of rotatable bonds is 0. The molecule has 1 heterocycles. The highest BCUT2D eigenvalue weighted by atomic mass is 15.3. The average molecular weight is 156 g/mol. The monoisotopic (exact) mass is 156 g/mol. The van der Waals surface area contributed by atoms with Gasteiger partial charge in [-0.2, -0.15) is 0 Å². The summed E-state index contributed by atoms with van der Waals surface area (Å²) in [6, 6.07) is 0. The van der Waals surface area contributed by atoms with Crippen molar-refractivity contribution in [2.45, 2.75) is 27.2 Å². The van der Waals surface area contributed by atoms with Crippen LogP contribution in [-0.4, -0.2) is 31.7 Å². The maximum Gasteiger partial charge on any atom is 0.0818 e. The maximum absolute atomic E-state index is 2.36. The lowest BCUT2D eigenvalue weighted by atomic mass is 9.80. The minimum atomic E-state index is 0.520. The summed E-state index contributed by atoms with van der Waals surface area (Å²) in [6.45, 7) is 9.82. The van der Waals surface area contributed by atoms with Crippen LogP contribution in [0.5, 0.6) is 0 Å².